The number of halogens is 10. The summed E-state index contributed by atoms with van der Waals surface area (Å²) in [5.74, 6) is -20.6. The summed E-state index contributed by atoms with van der Waals surface area (Å²) in [5, 5.41) is 0. The average Bonchev–Trinajstić information content (AvgIpc) is 2.82. The molecule has 0 aliphatic carbocycles. The molecule has 0 saturated carbocycles. The van der Waals surface area contributed by atoms with Crippen LogP contribution in [0.3, 0.4) is 0 Å². The smallest absolute Gasteiger partial charge is 0.303 e. The van der Waals surface area contributed by atoms with Crippen LogP contribution >= 0.6 is 0 Å². The molecule has 0 spiro atoms. The van der Waals surface area contributed by atoms with E-state index in [2.05, 4.69) is 0 Å². The Morgan fingerprint density at radius 1 is 0.694 bits per heavy atom. The summed E-state index contributed by atoms with van der Waals surface area (Å²) in [4.78, 5) is -0.845. The van der Waals surface area contributed by atoms with Gasteiger partial charge in [-0.2, -0.15) is 26.3 Å². The van der Waals surface area contributed by atoms with E-state index in [0.29, 0.717) is 39.0 Å². The van der Waals surface area contributed by atoms with Gasteiger partial charge in [-0.3, -0.25) is 0 Å². The summed E-state index contributed by atoms with van der Waals surface area (Å²) < 4.78 is 146. The molecule has 0 bridgehead atoms. The Kier molecular flexibility index (Phi) is 11.9. The Hall–Kier alpha value is -1.68. The number of unbranched alkanes of at least 4 members (excludes halogenated alkanes) is 4. The number of anilines is 1. The second kappa shape index (κ2) is 13.2. The van der Waals surface area contributed by atoms with Gasteiger partial charge >= 0.3 is 17.9 Å². The van der Waals surface area contributed by atoms with Gasteiger partial charge in [0.1, 0.15) is 5.69 Å². The van der Waals surface area contributed by atoms with Gasteiger partial charge in [-0.05, 0) is 25.7 Å². The monoisotopic (exact) mass is 539 g/mol. The maximum Gasteiger partial charge on any atom is 0.395 e. The lowest BCUT2D eigenvalue weighted by Crippen LogP contribution is -2.63. The summed E-state index contributed by atoms with van der Waals surface area (Å²) in [6.07, 6.45) is 0.955. The van der Waals surface area contributed by atoms with Crippen molar-refractivity contribution in [3.63, 3.8) is 0 Å². The Morgan fingerprint density at radius 2 is 1.28 bits per heavy atom. The van der Waals surface area contributed by atoms with E-state index in [1.54, 1.807) is 13.8 Å². The van der Waals surface area contributed by atoms with Crippen LogP contribution in [0.4, 0.5) is 49.6 Å². The highest BCUT2D eigenvalue weighted by Crippen LogP contribution is 2.51. The minimum atomic E-state index is -6.07. The second-order valence-corrected chi connectivity index (χ2v) is 9.22. The zero-order chi connectivity index (χ0) is 27.9. The summed E-state index contributed by atoms with van der Waals surface area (Å²) in [7, 11) is 0. The van der Waals surface area contributed by atoms with Crippen LogP contribution in [0.1, 0.15) is 90.5 Å². The third-order valence-electron chi connectivity index (χ3n) is 6.55. The standard InChI is InChI=1S/C25H35F10N/c1-5-8-10-11-14-23(30,31)24(32,33)25(34,35)36(15-13-17(7-3)12-9-6-2)22-19(27)16(4)18(26)20(28)21(22)29/h17H,5-15H2,1-4H3. The lowest BCUT2D eigenvalue weighted by Gasteiger charge is -2.41. The van der Waals surface area contributed by atoms with Crippen molar-refractivity contribution in [3.05, 3.63) is 28.8 Å². The number of alkyl halides is 6. The maximum atomic E-state index is 15.3. The van der Waals surface area contributed by atoms with E-state index < -0.39 is 76.7 Å². The van der Waals surface area contributed by atoms with E-state index in [1.165, 1.54) is 0 Å². The van der Waals surface area contributed by atoms with Gasteiger partial charge in [-0.1, -0.05) is 65.7 Å². The molecule has 1 nitrogen and oxygen atoms in total. The molecule has 1 atom stereocenters. The predicted octanol–water partition coefficient (Wildman–Crippen LogP) is 9.80. The minimum Gasteiger partial charge on any atom is -0.303 e. The van der Waals surface area contributed by atoms with Gasteiger partial charge in [0, 0.05) is 18.5 Å². The normalized spacial score (nSPS) is 13.8. The van der Waals surface area contributed by atoms with Gasteiger partial charge in [-0.15, -0.1) is 0 Å². The molecule has 0 fully saturated rings. The minimum absolute atomic E-state index is 0.0959. The summed E-state index contributed by atoms with van der Waals surface area (Å²) in [6.45, 7) is 4.68. The molecule has 0 saturated heterocycles. The highest BCUT2D eigenvalue weighted by atomic mass is 19.3. The fourth-order valence-electron chi connectivity index (χ4n) is 4.04. The molecule has 11 heteroatoms. The Bertz CT molecular complexity index is 812. The first-order chi connectivity index (χ1) is 16.6. The van der Waals surface area contributed by atoms with Crippen molar-refractivity contribution in [1.29, 1.82) is 0 Å². The first-order valence-corrected chi connectivity index (χ1v) is 12.4. The van der Waals surface area contributed by atoms with Gasteiger partial charge < -0.3 is 4.90 Å². The van der Waals surface area contributed by atoms with Crippen LogP contribution in [-0.2, 0) is 0 Å². The van der Waals surface area contributed by atoms with Crippen molar-refractivity contribution in [2.45, 2.75) is 110 Å². The summed E-state index contributed by atoms with van der Waals surface area (Å²) >= 11 is 0. The molecule has 0 aliphatic rings. The number of hydrogen-bond donors (Lipinski definition) is 0. The SMILES string of the molecule is CCCCCCC(F)(F)C(F)(F)C(F)(F)N(CCC(CC)CCCC)c1c(F)c(C)c(F)c(F)c1F. The summed E-state index contributed by atoms with van der Waals surface area (Å²) in [6, 6.07) is -5.83. The third kappa shape index (κ3) is 6.79. The van der Waals surface area contributed by atoms with Crippen molar-refractivity contribution in [1.82, 2.24) is 0 Å². The van der Waals surface area contributed by atoms with Crippen molar-refractivity contribution >= 4 is 5.69 Å². The van der Waals surface area contributed by atoms with Crippen LogP contribution in [0.2, 0.25) is 0 Å². The molecule has 36 heavy (non-hydrogen) atoms. The largest absolute Gasteiger partial charge is 0.395 e. The van der Waals surface area contributed by atoms with E-state index >= 15 is 8.78 Å². The van der Waals surface area contributed by atoms with Crippen molar-refractivity contribution in [2.75, 3.05) is 11.4 Å². The Labute approximate surface area is 206 Å². The molecule has 0 radical (unpaired) electrons. The molecule has 0 N–H and O–H groups in total. The molecule has 1 aromatic carbocycles. The molecule has 1 rings (SSSR count). The van der Waals surface area contributed by atoms with E-state index in [-0.39, 0.29) is 18.8 Å². The maximum absolute atomic E-state index is 15.3. The molecular weight excluding hydrogens is 504 g/mol. The first-order valence-electron chi connectivity index (χ1n) is 12.4. The molecule has 0 aromatic heterocycles. The van der Waals surface area contributed by atoms with Crippen LogP contribution in [0.15, 0.2) is 0 Å². The second-order valence-electron chi connectivity index (χ2n) is 9.22. The molecule has 0 amide bonds. The van der Waals surface area contributed by atoms with Crippen LogP contribution in [0.25, 0.3) is 0 Å². The zero-order valence-corrected chi connectivity index (χ0v) is 21.1. The van der Waals surface area contributed by atoms with Gasteiger partial charge in [0.2, 0.25) is 0 Å². The third-order valence-corrected chi connectivity index (χ3v) is 6.55. The fraction of sp³-hybridized carbons (Fsp3) is 0.760. The number of nitrogens with zero attached hydrogens (tertiary/aromatic N) is 1. The fourth-order valence-corrected chi connectivity index (χ4v) is 4.04. The van der Waals surface area contributed by atoms with Crippen molar-refractivity contribution in [3.8, 4) is 0 Å². The molecule has 0 aliphatic heterocycles. The molecule has 1 aromatic rings. The van der Waals surface area contributed by atoms with E-state index in [9.17, 15) is 35.1 Å². The lowest BCUT2D eigenvalue weighted by atomic mass is 9.94. The number of hydrogen-bond acceptors (Lipinski definition) is 1. The van der Waals surface area contributed by atoms with Gasteiger partial charge in [-0.25, -0.2) is 17.6 Å². The van der Waals surface area contributed by atoms with E-state index in [0.717, 1.165) is 6.42 Å². The van der Waals surface area contributed by atoms with Gasteiger partial charge in [0.25, 0.3) is 0 Å². The molecule has 0 heterocycles. The highest BCUT2D eigenvalue weighted by molar-refractivity contribution is 5.54. The molecule has 1 unspecified atom stereocenters. The summed E-state index contributed by atoms with van der Waals surface area (Å²) in [5.41, 5.74) is -3.24. The highest BCUT2D eigenvalue weighted by Gasteiger charge is 2.73. The van der Waals surface area contributed by atoms with Crippen LogP contribution in [0.5, 0.6) is 0 Å². The van der Waals surface area contributed by atoms with Crippen LogP contribution < -0.4 is 4.90 Å². The van der Waals surface area contributed by atoms with Crippen LogP contribution in [-0.4, -0.2) is 24.4 Å². The predicted molar refractivity (Wildman–Crippen MR) is 120 cm³/mol. The topological polar surface area (TPSA) is 3.24 Å². The van der Waals surface area contributed by atoms with E-state index in [4.69, 9.17) is 0 Å². The lowest BCUT2D eigenvalue weighted by molar-refractivity contribution is -0.310. The van der Waals surface area contributed by atoms with Crippen molar-refractivity contribution < 1.29 is 43.9 Å². The molecular formula is C25H35F10N. The van der Waals surface area contributed by atoms with Gasteiger partial charge in [0.05, 0.1) is 0 Å². The Morgan fingerprint density at radius 3 is 1.81 bits per heavy atom. The van der Waals surface area contributed by atoms with Crippen molar-refractivity contribution in [2.24, 2.45) is 5.92 Å². The number of rotatable bonds is 16. The Balaban J connectivity index is 3.59. The first kappa shape index (κ1) is 32.3. The number of benzene rings is 1. The van der Waals surface area contributed by atoms with Gasteiger partial charge in [0.15, 0.2) is 23.3 Å². The zero-order valence-electron chi connectivity index (χ0n) is 21.1. The molecule has 210 valence electrons. The quantitative estimate of drug-likeness (QED) is 0.0665. The average molecular weight is 540 g/mol. The van der Waals surface area contributed by atoms with Crippen LogP contribution in [0, 0.1) is 36.1 Å². The van der Waals surface area contributed by atoms with E-state index in [1.807, 2.05) is 6.92 Å².